The van der Waals surface area contributed by atoms with Gasteiger partial charge in [-0.2, -0.15) is 0 Å². The Kier molecular flexibility index (Phi) is 17.5. The molecule has 20 aromatic rings. The molecule has 0 N–H and O–H groups in total. The van der Waals surface area contributed by atoms with Gasteiger partial charge >= 0.3 is 0 Å². The van der Waals surface area contributed by atoms with Gasteiger partial charge in [0.05, 0.1) is 38.8 Å². The molecule has 0 saturated carbocycles. The first kappa shape index (κ1) is 79.2. The van der Waals surface area contributed by atoms with Crippen LogP contribution in [0.4, 0.5) is 34.1 Å². The van der Waals surface area contributed by atoms with Crippen molar-refractivity contribution < 1.29 is 0 Å². The molecule has 0 fully saturated rings. The van der Waals surface area contributed by atoms with Gasteiger partial charge in [0.1, 0.15) is 0 Å². The van der Waals surface area contributed by atoms with Crippen LogP contribution in [0, 0.1) is 0 Å². The third-order valence-corrected chi connectivity index (χ3v) is 29.9. The second-order valence-corrected chi connectivity index (χ2v) is 42.4. The van der Waals surface area contributed by atoms with Crippen molar-refractivity contribution in [1.82, 2.24) is 13.7 Å². The Morgan fingerprint density at radius 1 is 0.215 bits per heavy atom. The van der Waals surface area contributed by atoms with E-state index in [2.05, 4.69) is 484 Å². The van der Waals surface area contributed by atoms with Gasteiger partial charge in [0.25, 0.3) is 6.71 Å². The summed E-state index contributed by atoms with van der Waals surface area (Å²) in [6.07, 6.45) is 2.21. The SMILES string of the molecule is CC(C)(C)c1ccc2c(c1)c1cc(C(C)(C)C)ccc1n2-c1cc2c3c(c1)N(c1ccc(-c4ccc5c(c4)C(C)(C)CC5(C)C)cc1)c1cc(-n4c5ccc(-c6ccccc6)cc5c5cc(-c6ccccc6)ccc54)ccc1B3c1ccc(-n3c4ccc(-c5ccccc5)cc4c4cc(-c5ccccc5)ccc43)cc1N2c1ccc(-c2ccc3c(c2)C(C)(C)CC3(C)C)cc1. The summed E-state index contributed by atoms with van der Waals surface area (Å²) in [5.74, 6) is 0. The maximum absolute atomic E-state index is 2.66. The van der Waals surface area contributed by atoms with E-state index in [0.29, 0.717) is 0 Å². The van der Waals surface area contributed by atoms with Crippen LogP contribution >= 0.6 is 0 Å². The maximum Gasteiger partial charge on any atom is 0.252 e. The van der Waals surface area contributed by atoms with Crippen LogP contribution in [0.5, 0.6) is 0 Å². The van der Waals surface area contributed by atoms with Crippen molar-refractivity contribution in [1.29, 1.82) is 0 Å². The van der Waals surface area contributed by atoms with Crippen molar-refractivity contribution in [2.24, 2.45) is 0 Å². The average molecular weight is 1680 g/mol. The summed E-state index contributed by atoms with van der Waals surface area (Å²) in [5, 5.41) is 7.31. The van der Waals surface area contributed by atoms with E-state index in [9.17, 15) is 0 Å². The standard InChI is InChI=1S/C124H106BN5/c1-119(2,3)89-45-61-112-100(69-89)101-70-90(120(4,5)6)46-62-113(101)130(112)95-73-116-118-117(74-95)127(92-49-37-82(38-50-92)88-40-54-103-105(68-88)124(13,14)76-122(103,9)10)115-72-94(129-110-59-43-85(79-31-23-17-24-32-79)65-98(110)99-66-86(44-60-111(99)129)80-33-25-18-26-34-80)52-56-107(115)125(118)106-55-51-93(71-114(106)126(116)91-47-35-81(36-48-91)87-39-53-102-104(67-87)123(11,12)75-121(102,7)8)128-108-57-41-83(77-27-19-15-20-28-77)63-96(108)97-64-84(42-58-109(97)128)78-29-21-16-22-30-78/h15-74H,75-76H2,1-14H3. The lowest BCUT2D eigenvalue weighted by atomic mass is 9.33. The molecule has 5 nitrogen and oxygen atoms in total. The van der Waals surface area contributed by atoms with Crippen LogP contribution in [-0.2, 0) is 32.5 Å². The molecule has 0 saturated heterocycles. The number of anilines is 6. The predicted molar refractivity (Wildman–Crippen MR) is 555 cm³/mol. The fourth-order valence-corrected chi connectivity index (χ4v) is 23.9. The monoisotopic (exact) mass is 1680 g/mol. The minimum absolute atomic E-state index is 0.0358. The highest BCUT2D eigenvalue weighted by Gasteiger charge is 2.47. The summed E-state index contributed by atoms with van der Waals surface area (Å²) in [6, 6.07) is 141. The van der Waals surface area contributed by atoms with Crippen molar-refractivity contribution >= 4 is 123 Å². The molecule has 0 atom stereocenters. The number of fused-ring (bicyclic) bond motifs is 15. The molecule has 130 heavy (non-hydrogen) atoms. The van der Waals surface area contributed by atoms with Gasteiger partial charge in [-0.3, -0.25) is 0 Å². The highest BCUT2D eigenvalue weighted by Crippen LogP contribution is 2.55. The van der Waals surface area contributed by atoms with Gasteiger partial charge in [-0.25, -0.2) is 0 Å². The molecule has 2 aliphatic heterocycles. The molecule has 0 bridgehead atoms. The molecular formula is C124H106BN5. The minimum Gasteiger partial charge on any atom is -0.311 e. The summed E-state index contributed by atoms with van der Waals surface area (Å²) >= 11 is 0. The Hall–Kier alpha value is -14.2. The zero-order valence-electron chi connectivity index (χ0n) is 76.9. The van der Waals surface area contributed by atoms with E-state index in [1.807, 2.05) is 0 Å². The summed E-state index contributed by atoms with van der Waals surface area (Å²) in [4.78, 5) is 5.33. The molecule has 0 radical (unpaired) electrons. The zero-order chi connectivity index (χ0) is 88.6. The fraction of sp³-hybridized carbons (Fsp3) is 0.177. The highest BCUT2D eigenvalue weighted by atomic mass is 15.2. The smallest absolute Gasteiger partial charge is 0.252 e. The first-order valence-electron chi connectivity index (χ1n) is 46.7. The van der Waals surface area contributed by atoms with E-state index in [1.165, 1.54) is 149 Å². The van der Waals surface area contributed by atoms with Crippen LogP contribution < -0.4 is 26.2 Å². The Morgan fingerprint density at radius 2 is 0.469 bits per heavy atom. The van der Waals surface area contributed by atoms with Crippen molar-refractivity contribution in [3.05, 3.63) is 397 Å². The van der Waals surface area contributed by atoms with Crippen LogP contribution in [0.3, 0.4) is 0 Å². The Morgan fingerprint density at radius 3 is 0.792 bits per heavy atom. The van der Waals surface area contributed by atoms with Crippen LogP contribution in [0.1, 0.15) is 143 Å². The summed E-state index contributed by atoms with van der Waals surface area (Å²) in [7, 11) is 0. The van der Waals surface area contributed by atoms with Crippen molar-refractivity contribution in [3.63, 3.8) is 0 Å². The predicted octanol–water partition coefficient (Wildman–Crippen LogP) is 31.6. The Bertz CT molecular complexity index is 7420. The lowest BCUT2D eigenvalue weighted by Crippen LogP contribution is -2.61. The van der Waals surface area contributed by atoms with Crippen molar-refractivity contribution in [3.8, 4) is 83.8 Å². The quantitative estimate of drug-likeness (QED) is 0.120. The molecule has 24 rings (SSSR count). The molecule has 4 aliphatic rings. The number of rotatable bonds is 11. The Labute approximate surface area is 764 Å². The van der Waals surface area contributed by atoms with E-state index in [-0.39, 0.29) is 39.2 Å². The molecule has 17 aromatic carbocycles. The van der Waals surface area contributed by atoms with Gasteiger partial charge in [-0.05, 0) is 295 Å². The summed E-state index contributed by atoms with van der Waals surface area (Å²) < 4.78 is 7.71. The molecule has 0 spiro atoms. The van der Waals surface area contributed by atoms with E-state index in [4.69, 9.17) is 0 Å². The zero-order valence-corrected chi connectivity index (χ0v) is 76.9. The molecule has 6 heteroatoms. The van der Waals surface area contributed by atoms with E-state index >= 15 is 0 Å². The minimum atomic E-state index is -0.266. The van der Waals surface area contributed by atoms with E-state index < -0.39 is 0 Å². The van der Waals surface area contributed by atoms with E-state index in [0.717, 1.165) is 97.1 Å². The first-order chi connectivity index (χ1) is 62.6. The number of hydrogen-bond donors (Lipinski definition) is 0. The van der Waals surface area contributed by atoms with Crippen LogP contribution in [0.25, 0.3) is 149 Å². The molecule has 630 valence electrons. The van der Waals surface area contributed by atoms with E-state index in [1.54, 1.807) is 0 Å². The first-order valence-corrected chi connectivity index (χ1v) is 46.7. The fourth-order valence-electron chi connectivity index (χ4n) is 23.9. The molecular weight excluding hydrogens is 1570 g/mol. The summed E-state index contributed by atoms with van der Waals surface area (Å²) in [6.45, 7) is 33.3. The number of aromatic nitrogens is 3. The van der Waals surface area contributed by atoms with Gasteiger partial charge in [-0.15, -0.1) is 0 Å². The summed E-state index contributed by atoms with van der Waals surface area (Å²) in [5.41, 5.74) is 43.3. The van der Waals surface area contributed by atoms with Gasteiger partial charge in [0, 0.05) is 77.8 Å². The lowest BCUT2D eigenvalue weighted by Gasteiger charge is -2.44. The molecule has 3 aromatic heterocycles. The lowest BCUT2D eigenvalue weighted by molar-refractivity contribution is 0.402. The molecule has 5 heterocycles. The van der Waals surface area contributed by atoms with Gasteiger partial charge in [0.2, 0.25) is 0 Å². The Balaban J connectivity index is 0.803. The largest absolute Gasteiger partial charge is 0.311 e. The highest BCUT2D eigenvalue weighted by molar-refractivity contribution is 7.00. The second-order valence-electron chi connectivity index (χ2n) is 42.4. The third-order valence-electron chi connectivity index (χ3n) is 29.9. The van der Waals surface area contributed by atoms with Gasteiger partial charge in [0.15, 0.2) is 0 Å². The second kappa shape index (κ2) is 28.7. The molecule has 0 amide bonds. The van der Waals surface area contributed by atoms with Crippen LogP contribution in [0.2, 0.25) is 0 Å². The van der Waals surface area contributed by atoms with Crippen LogP contribution in [-0.4, -0.2) is 20.4 Å². The van der Waals surface area contributed by atoms with Crippen molar-refractivity contribution in [2.45, 2.75) is 142 Å². The number of nitrogens with zero attached hydrogens (tertiary/aromatic N) is 5. The average Bonchev–Trinajstić information content (AvgIpc) is 1.46. The molecule has 2 aliphatic carbocycles. The maximum atomic E-state index is 2.66. The van der Waals surface area contributed by atoms with Gasteiger partial charge < -0.3 is 23.5 Å². The molecule has 0 unspecified atom stereocenters. The number of benzene rings is 17. The third kappa shape index (κ3) is 12.5. The van der Waals surface area contributed by atoms with Crippen LogP contribution in [0.15, 0.2) is 364 Å². The number of hydrogen-bond acceptors (Lipinski definition) is 2. The normalized spacial score (nSPS) is 15.1. The topological polar surface area (TPSA) is 21.3 Å². The van der Waals surface area contributed by atoms with Crippen molar-refractivity contribution in [2.75, 3.05) is 9.80 Å². The van der Waals surface area contributed by atoms with Gasteiger partial charge in [-0.1, -0.05) is 327 Å².